The van der Waals surface area contributed by atoms with Crippen molar-refractivity contribution in [1.82, 2.24) is 0 Å². The Balaban J connectivity index is 1.43. The number of nitrogens with zero attached hydrogens (tertiary/aromatic N) is 1. The molecule has 2 aromatic rings. The van der Waals surface area contributed by atoms with Crippen LogP contribution >= 0.6 is 22.7 Å². The average Bonchev–Trinajstić information content (AvgIpc) is 3.31. The molecule has 0 aromatic carbocycles. The van der Waals surface area contributed by atoms with Gasteiger partial charge in [-0.05, 0) is 69.1 Å². The summed E-state index contributed by atoms with van der Waals surface area (Å²) < 4.78 is 5.38. The molecule has 146 valence electrons. The Morgan fingerprint density at radius 2 is 1.89 bits per heavy atom. The van der Waals surface area contributed by atoms with Crippen LogP contribution in [0.3, 0.4) is 0 Å². The monoisotopic (exact) mass is 414 g/mol. The highest BCUT2D eigenvalue weighted by Gasteiger charge is 2.26. The van der Waals surface area contributed by atoms with E-state index in [9.17, 15) is 14.9 Å². The number of fused-ring (bicyclic) bond motifs is 2. The molecule has 0 saturated heterocycles. The summed E-state index contributed by atoms with van der Waals surface area (Å²) >= 11 is 2.95. The lowest BCUT2D eigenvalue weighted by molar-refractivity contribution is -0.123. The second kappa shape index (κ2) is 8.06. The molecular weight excluding hydrogens is 392 g/mol. The number of hydrogen-bond acceptors (Lipinski definition) is 6. The first kappa shape index (κ1) is 19.2. The van der Waals surface area contributed by atoms with E-state index in [0.29, 0.717) is 15.4 Å². The summed E-state index contributed by atoms with van der Waals surface area (Å²) in [5, 5.41) is 13.0. The standard InChI is InChI=1S/C21H22N2O3S2/c1-12(26-21(25)18-10-13-6-5-9-16(13)27-18)19(24)23-20-15(11-22)14-7-3-2-4-8-17(14)28-20/h10,12H,2-9H2,1H3,(H,23,24)/t12-/m1/s1. The zero-order valence-corrected chi connectivity index (χ0v) is 17.4. The molecule has 0 radical (unpaired) electrons. The highest BCUT2D eigenvalue weighted by Crippen LogP contribution is 2.37. The summed E-state index contributed by atoms with van der Waals surface area (Å²) in [5.74, 6) is -0.852. The van der Waals surface area contributed by atoms with E-state index in [0.717, 1.165) is 50.5 Å². The van der Waals surface area contributed by atoms with E-state index < -0.39 is 18.0 Å². The predicted molar refractivity (Wildman–Crippen MR) is 110 cm³/mol. The van der Waals surface area contributed by atoms with E-state index in [1.807, 2.05) is 6.07 Å². The minimum absolute atomic E-state index is 0.398. The molecule has 1 N–H and O–H groups in total. The van der Waals surface area contributed by atoms with Crippen molar-refractivity contribution in [2.24, 2.45) is 0 Å². The molecule has 5 nitrogen and oxygen atoms in total. The molecule has 0 unspecified atom stereocenters. The Kier molecular flexibility index (Phi) is 5.51. The molecule has 2 aliphatic carbocycles. The van der Waals surface area contributed by atoms with Crippen molar-refractivity contribution >= 4 is 39.6 Å². The lowest BCUT2D eigenvalue weighted by atomic mass is 10.1. The molecule has 0 fully saturated rings. The van der Waals surface area contributed by atoms with Crippen LogP contribution in [0.2, 0.25) is 0 Å². The van der Waals surface area contributed by atoms with Gasteiger partial charge in [0.15, 0.2) is 6.10 Å². The fraction of sp³-hybridized carbons (Fsp3) is 0.476. The molecule has 1 amide bonds. The number of esters is 1. The SMILES string of the molecule is C[C@@H](OC(=O)c1cc2c(s1)CCC2)C(=O)Nc1sc2c(c1C#N)CCCCC2. The number of carbonyl (C=O) groups excluding carboxylic acids is 2. The van der Waals surface area contributed by atoms with Crippen molar-refractivity contribution in [1.29, 1.82) is 5.26 Å². The van der Waals surface area contributed by atoms with E-state index in [2.05, 4.69) is 11.4 Å². The van der Waals surface area contributed by atoms with Crippen LogP contribution in [0, 0.1) is 11.3 Å². The van der Waals surface area contributed by atoms with Gasteiger partial charge in [-0.3, -0.25) is 4.79 Å². The summed E-state index contributed by atoms with van der Waals surface area (Å²) in [6, 6.07) is 4.15. The maximum atomic E-state index is 12.6. The molecule has 4 rings (SSSR count). The van der Waals surface area contributed by atoms with Crippen molar-refractivity contribution < 1.29 is 14.3 Å². The molecule has 0 spiro atoms. The smallest absolute Gasteiger partial charge is 0.349 e. The van der Waals surface area contributed by atoms with Crippen molar-refractivity contribution in [3.63, 3.8) is 0 Å². The van der Waals surface area contributed by atoms with E-state index in [1.54, 1.807) is 6.92 Å². The summed E-state index contributed by atoms with van der Waals surface area (Å²) in [6.45, 7) is 1.57. The van der Waals surface area contributed by atoms with Gasteiger partial charge in [0, 0.05) is 9.75 Å². The minimum Gasteiger partial charge on any atom is -0.448 e. The number of aryl methyl sites for hydroxylation is 3. The Morgan fingerprint density at radius 3 is 2.68 bits per heavy atom. The second-order valence-corrected chi connectivity index (χ2v) is 9.57. The average molecular weight is 415 g/mol. The highest BCUT2D eigenvalue weighted by molar-refractivity contribution is 7.16. The van der Waals surface area contributed by atoms with Gasteiger partial charge in [-0.1, -0.05) is 6.42 Å². The van der Waals surface area contributed by atoms with Gasteiger partial charge in [0.25, 0.3) is 5.91 Å². The topological polar surface area (TPSA) is 79.2 Å². The van der Waals surface area contributed by atoms with Gasteiger partial charge in [-0.25, -0.2) is 4.79 Å². The fourth-order valence-electron chi connectivity index (χ4n) is 3.86. The first-order valence-electron chi connectivity index (χ1n) is 9.75. The van der Waals surface area contributed by atoms with Crippen molar-refractivity contribution in [2.75, 3.05) is 5.32 Å². The molecule has 28 heavy (non-hydrogen) atoms. The normalized spacial score (nSPS) is 16.4. The molecule has 0 aliphatic heterocycles. The minimum atomic E-state index is -0.919. The maximum Gasteiger partial charge on any atom is 0.349 e. The number of nitriles is 1. The number of ether oxygens (including phenoxy) is 1. The number of rotatable bonds is 4. The number of hydrogen-bond donors (Lipinski definition) is 1. The molecular formula is C21H22N2O3S2. The summed E-state index contributed by atoms with van der Waals surface area (Å²) in [6.07, 6.45) is 7.45. The number of carbonyl (C=O) groups is 2. The largest absolute Gasteiger partial charge is 0.448 e. The second-order valence-electron chi connectivity index (χ2n) is 7.33. The summed E-state index contributed by atoms with van der Waals surface area (Å²) in [7, 11) is 0. The Morgan fingerprint density at radius 1 is 1.11 bits per heavy atom. The van der Waals surface area contributed by atoms with Gasteiger partial charge in [0.2, 0.25) is 0 Å². The van der Waals surface area contributed by atoms with Crippen LogP contribution in [0.5, 0.6) is 0 Å². The summed E-state index contributed by atoms with van der Waals surface area (Å²) in [5.41, 5.74) is 2.88. The van der Waals surface area contributed by atoms with E-state index in [4.69, 9.17) is 4.74 Å². The zero-order chi connectivity index (χ0) is 19.7. The number of anilines is 1. The van der Waals surface area contributed by atoms with Crippen molar-refractivity contribution in [2.45, 2.75) is 64.4 Å². The Hall–Kier alpha value is -2.17. The number of thiophene rings is 2. The molecule has 2 aliphatic rings. The number of nitrogens with one attached hydrogen (secondary N) is 1. The van der Waals surface area contributed by atoms with Gasteiger partial charge in [0.1, 0.15) is 15.9 Å². The molecule has 0 saturated carbocycles. The van der Waals surface area contributed by atoms with E-state index >= 15 is 0 Å². The lowest BCUT2D eigenvalue weighted by Crippen LogP contribution is -2.29. The van der Waals surface area contributed by atoms with Crippen LogP contribution in [0.25, 0.3) is 0 Å². The van der Waals surface area contributed by atoms with Crippen molar-refractivity contribution in [3.8, 4) is 6.07 Å². The van der Waals surface area contributed by atoms with Crippen LogP contribution in [0.15, 0.2) is 6.07 Å². The maximum absolute atomic E-state index is 12.6. The Labute approximate surface area is 172 Å². The van der Waals surface area contributed by atoms with Crippen LogP contribution in [0.1, 0.15) is 68.7 Å². The number of amides is 1. The van der Waals surface area contributed by atoms with Crippen LogP contribution in [-0.4, -0.2) is 18.0 Å². The molecule has 2 aromatic heterocycles. The van der Waals surface area contributed by atoms with Gasteiger partial charge >= 0.3 is 5.97 Å². The molecule has 2 heterocycles. The van der Waals surface area contributed by atoms with Gasteiger partial charge < -0.3 is 10.1 Å². The lowest BCUT2D eigenvalue weighted by Gasteiger charge is -2.12. The predicted octanol–water partition coefficient (Wildman–Crippen LogP) is 4.62. The molecule has 7 heteroatoms. The summed E-state index contributed by atoms with van der Waals surface area (Å²) in [4.78, 5) is 28.0. The van der Waals surface area contributed by atoms with Crippen LogP contribution < -0.4 is 5.32 Å². The third kappa shape index (κ3) is 3.71. The van der Waals surface area contributed by atoms with Gasteiger partial charge in [-0.2, -0.15) is 5.26 Å². The molecule has 0 bridgehead atoms. The Bertz CT molecular complexity index is 946. The van der Waals surface area contributed by atoms with Crippen LogP contribution in [-0.2, 0) is 35.2 Å². The third-order valence-electron chi connectivity index (χ3n) is 5.37. The zero-order valence-electron chi connectivity index (χ0n) is 15.8. The van der Waals surface area contributed by atoms with E-state index in [-0.39, 0.29) is 0 Å². The first-order valence-corrected chi connectivity index (χ1v) is 11.4. The first-order chi connectivity index (χ1) is 13.6. The quantitative estimate of drug-likeness (QED) is 0.585. The highest BCUT2D eigenvalue weighted by atomic mass is 32.1. The van der Waals surface area contributed by atoms with Gasteiger partial charge in [0.05, 0.1) is 5.56 Å². The van der Waals surface area contributed by atoms with E-state index in [1.165, 1.54) is 44.4 Å². The van der Waals surface area contributed by atoms with Crippen LogP contribution in [0.4, 0.5) is 5.00 Å². The van der Waals surface area contributed by atoms with Gasteiger partial charge in [-0.15, -0.1) is 22.7 Å². The third-order valence-corrected chi connectivity index (χ3v) is 7.80. The fourth-order valence-corrected chi connectivity index (χ4v) is 6.24. The van der Waals surface area contributed by atoms with Crippen molar-refractivity contribution in [3.05, 3.63) is 37.4 Å². The molecule has 1 atom stereocenters.